The molecule has 108 valence electrons. The van der Waals surface area contributed by atoms with Gasteiger partial charge in [-0.2, -0.15) is 0 Å². The van der Waals surface area contributed by atoms with Gasteiger partial charge in [0.25, 0.3) is 5.91 Å². The van der Waals surface area contributed by atoms with Gasteiger partial charge in [-0.25, -0.2) is 18.4 Å². The van der Waals surface area contributed by atoms with Gasteiger partial charge >= 0.3 is 0 Å². The SMILES string of the molecule is O=C(NC1CCS(=O)(=O)C1)c1cnc(NC2CC2)cn1. The molecule has 1 amide bonds. The fraction of sp³-hybridized carbons (Fsp3) is 0.583. The molecule has 1 aromatic heterocycles. The predicted octanol–water partition coefficient (Wildman–Crippen LogP) is -0.0322. The molecule has 7 nitrogen and oxygen atoms in total. The number of rotatable bonds is 4. The zero-order valence-electron chi connectivity index (χ0n) is 10.9. The Hall–Kier alpha value is -1.70. The van der Waals surface area contributed by atoms with Crippen LogP contribution in [0, 0.1) is 0 Å². The lowest BCUT2D eigenvalue weighted by Gasteiger charge is -2.10. The number of anilines is 1. The quantitative estimate of drug-likeness (QED) is 0.809. The Kier molecular flexibility index (Phi) is 3.33. The van der Waals surface area contributed by atoms with Crippen molar-refractivity contribution in [2.45, 2.75) is 31.3 Å². The maximum absolute atomic E-state index is 11.9. The lowest BCUT2D eigenvalue weighted by atomic mass is 10.2. The summed E-state index contributed by atoms with van der Waals surface area (Å²) in [6.07, 6.45) is 5.67. The third-order valence-electron chi connectivity index (χ3n) is 3.38. The normalized spacial score (nSPS) is 24.3. The first-order chi connectivity index (χ1) is 9.52. The Morgan fingerprint density at radius 3 is 2.50 bits per heavy atom. The Morgan fingerprint density at radius 2 is 1.95 bits per heavy atom. The first kappa shape index (κ1) is 13.3. The molecule has 3 rings (SSSR count). The van der Waals surface area contributed by atoms with Gasteiger partial charge in [-0.15, -0.1) is 0 Å². The average molecular weight is 296 g/mol. The van der Waals surface area contributed by atoms with Crippen LogP contribution in [0.4, 0.5) is 5.82 Å². The van der Waals surface area contributed by atoms with Crippen LogP contribution in [0.1, 0.15) is 29.8 Å². The van der Waals surface area contributed by atoms with Crippen LogP contribution < -0.4 is 10.6 Å². The van der Waals surface area contributed by atoms with E-state index in [-0.39, 0.29) is 29.1 Å². The van der Waals surface area contributed by atoms with Gasteiger partial charge in [0.1, 0.15) is 11.5 Å². The van der Waals surface area contributed by atoms with Crippen molar-refractivity contribution in [2.24, 2.45) is 0 Å². The second-order valence-electron chi connectivity index (χ2n) is 5.28. The largest absolute Gasteiger partial charge is 0.366 e. The van der Waals surface area contributed by atoms with Crippen molar-refractivity contribution in [3.8, 4) is 0 Å². The molecule has 0 radical (unpaired) electrons. The summed E-state index contributed by atoms with van der Waals surface area (Å²) in [5.74, 6) is 0.423. The molecule has 0 bridgehead atoms. The van der Waals surface area contributed by atoms with Crippen LogP contribution in [0.15, 0.2) is 12.4 Å². The Labute approximate surface area is 117 Å². The number of amides is 1. The van der Waals surface area contributed by atoms with Crippen molar-refractivity contribution >= 4 is 21.6 Å². The molecule has 2 fully saturated rings. The van der Waals surface area contributed by atoms with Crippen LogP contribution in [0.2, 0.25) is 0 Å². The summed E-state index contributed by atoms with van der Waals surface area (Å²) < 4.78 is 22.6. The van der Waals surface area contributed by atoms with Crippen molar-refractivity contribution in [1.29, 1.82) is 0 Å². The lowest BCUT2D eigenvalue weighted by Crippen LogP contribution is -2.36. The Morgan fingerprint density at radius 1 is 1.15 bits per heavy atom. The fourth-order valence-electron chi connectivity index (χ4n) is 2.12. The van der Waals surface area contributed by atoms with E-state index in [1.807, 2.05) is 0 Å². The molecular weight excluding hydrogens is 280 g/mol. The summed E-state index contributed by atoms with van der Waals surface area (Å²) in [6, 6.07) is 0.159. The summed E-state index contributed by atoms with van der Waals surface area (Å²) in [4.78, 5) is 20.1. The van der Waals surface area contributed by atoms with Gasteiger partial charge in [-0.05, 0) is 19.3 Å². The molecule has 1 atom stereocenters. The van der Waals surface area contributed by atoms with Gasteiger partial charge in [0.2, 0.25) is 0 Å². The Balaban J connectivity index is 1.59. The van der Waals surface area contributed by atoms with Crippen LogP contribution in [0.25, 0.3) is 0 Å². The molecule has 1 aliphatic heterocycles. The highest BCUT2D eigenvalue weighted by Crippen LogP contribution is 2.23. The van der Waals surface area contributed by atoms with E-state index in [2.05, 4.69) is 20.6 Å². The second kappa shape index (κ2) is 5.01. The molecule has 0 aromatic carbocycles. The number of nitrogens with one attached hydrogen (secondary N) is 2. The van der Waals surface area contributed by atoms with Crippen LogP contribution in [-0.4, -0.2) is 47.9 Å². The van der Waals surface area contributed by atoms with E-state index in [0.717, 1.165) is 12.8 Å². The molecule has 8 heteroatoms. The van der Waals surface area contributed by atoms with E-state index in [9.17, 15) is 13.2 Å². The maximum Gasteiger partial charge on any atom is 0.271 e. The summed E-state index contributed by atoms with van der Waals surface area (Å²) in [5.41, 5.74) is 0.204. The molecule has 1 saturated carbocycles. The summed E-state index contributed by atoms with van der Waals surface area (Å²) >= 11 is 0. The van der Waals surface area contributed by atoms with Crippen LogP contribution in [0.3, 0.4) is 0 Å². The lowest BCUT2D eigenvalue weighted by molar-refractivity contribution is 0.0935. The Bertz CT molecular complexity index is 610. The fourth-order valence-corrected chi connectivity index (χ4v) is 3.80. The van der Waals surface area contributed by atoms with E-state index < -0.39 is 9.84 Å². The van der Waals surface area contributed by atoms with Gasteiger partial charge < -0.3 is 10.6 Å². The monoisotopic (exact) mass is 296 g/mol. The van der Waals surface area contributed by atoms with E-state index >= 15 is 0 Å². The minimum Gasteiger partial charge on any atom is -0.366 e. The summed E-state index contributed by atoms with van der Waals surface area (Å²) in [5, 5.41) is 5.86. The molecule has 1 unspecified atom stereocenters. The predicted molar refractivity (Wildman–Crippen MR) is 73.2 cm³/mol. The van der Waals surface area contributed by atoms with Gasteiger partial charge in [0.05, 0.1) is 23.9 Å². The van der Waals surface area contributed by atoms with E-state index in [1.54, 1.807) is 0 Å². The summed E-state index contributed by atoms with van der Waals surface area (Å²) in [6.45, 7) is 0. The van der Waals surface area contributed by atoms with Crippen LogP contribution >= 0.6 is 0 Å². The van der Waals surface area contributed by atoms with E-state index in [0.29, 0.717) is 18.3 Å². The molecule has 20 heavy (non-hydrogen) atoms. The number of hydrogen-bond donors (Lipinski definition) is 2. The number of carbonyl (C=O) groups is 1. The van der Waals surface area contributed by atoms with Gasteiger partial charge in [-0.1, -0.05) is 0 Å². The van der Waals surface area contributed by atoms with Crippen molar-refractivity contribution in [3.63, 3.8) is 0 Å². The average Bonchev–Trinajstić information content (AvgIpc) is 3.14. The highest BCUT2D eigenvalue weighted by Gasteiger charge is 2.29. The molecule has 2 N–H and O–H groups in total. The number of sulfone groups is 1. The van der Waals surface area contributed by atoms with Crippen molar-refractivity contribution in [2.75, 3.05) is 16.8 Å². The van der Waals surface area contributed by atoms with Gasteiger partial charge in [0.15, 0.2) is 9.84 Å². The first-order valence-electron chi connectivity index (χ1n) is 6.62. The smallest absolute Gasteiger partial charge is 0.271 e. The number of nitrogens with zero attached hydrogens (tertiary/aromatic N) is 2. The minimum absolute atomic E-state index is 0.00743. The third kappa shape index (κ3) is 3.24. The van der Waals surface area contributed by atoms with Crippen LogP contribution in [0.5, 0.6) is 0 Å². The molecule has 1 saturated heterocycles. The number of carbonyl (C=O) groups excluding carboxylic acids is 1. The minimum atomic E-state index is -3.00. The van der Waals surface area contributed by atoms with E-state index in [1.165, 1.54) is 12.4 Å². The topological polar surface area (TPSA) is 101 Å². The number of aromatic nitrogens is 2. The standard InChI is InChI=1S/C12H16N4O3S/c17-12(16-9-3-4-20(18,19)7-9)10-5-14-11(6-13-10)15-8-1-2-8/h5-6,8-9H,1-4,7H2,(H,14,15)(H,16,17). The highest BCUT2D eigenvalue weighted by molar-refractivity contribution is 7.91. The first-order valence-corrected chi connectivity index (χ1v) is 8.44. The summed E-state index contributed by atoms with van der Waals surface area (Å²) in [7, 11) is -3.00. The third-order valence-corrected chi connectivity index (χ3v) is 5.15. The van der Waals surface area contributed by atoms with Gasteiger partial charge in [0, 0.05) is 12.1 Å². The highest BCUT2D eigenvalue weighted by atomic mass is 32.2. The number of hydrogen-bond acceptors (Lipinski definition) is 6. The van der Waals surface area contributed by atoms with E-state index in [4.69, 9.17) is 0 Å². The van der Waals surface area contributed by atoms with Crippen LogP contribution in [-0.2, 0) is 9.84 Å². The van der Waals surface area contributed by atoms with Crippen molar-refractivity contribution in [3.05, 3.63) is 18.1 Å². The molecular formula is C12H16N4O3S. The zero-order valence-corrected chi connectivity index (χ0v) is 11.7. The molecule has 1 aromatic rings. The molecule has 2 heterocycles. The molecule has 1 aliphatic carbocycles. The van der Waals surface area contributed by atoms with Crippen molar-refractivity contribution < 1.29 is 13.2 Å². The van der Waals surface area contributed by atoms with Crippen molar-refractivity contribution in [1.82, 2.24) is 15.3 Å². The van der Waals surface area contributed by atoms with Gasteiger partial charge in [-0.3, -0.25) is 4.79 Å². The molecule has 0 spiro atoms. The second-order valence-corrected chi connectivity index (χ2v) is 7.51. The zero-order chi connectivity index (χ0) is 14.2. The molecule has 2 aliphatic rings. The maximum atomic E-state index is 11.9.